The van der Waals surface area contributed by atoms with E-state index in [9.17, 15) is 24.3 Å². The van der Waals surface area contributed by atoms with Gasteiger partial charge >= 0.3 is 23.9 Å². The number of carbonyl (C=O) groups is 4. The number of aliphatic hydroxyl groups is 1. The number of aliphatic hydroxyl groups excluding tert-OH is 1. The number of hydrogen-bond donors (Lipinski definition) is 1. The molecule has 0 spiro atoms. The Morgan fingerprint density at radius 3 is 2.10 bits per heavy atom. The molecule has 1 N–H and O–H groups in total. The molecule has 0 saturated heterocycles. The zero-order valence-electron chi connectivity index (χ0n) is 24.5. The molecule has 1 aromatic rings. The van der Waals surface area contributed by atoms with E-state index in [1.54, 1.807) is 24.3 Å². The molecule has 0 radical (unpaired) electrons. The second-order valence-corrected chi connectivity index (χ2v) is 11.8. The van der Waals surface area contributed by atoms with Gasteiger partial charge in [-0.3, -0.25) is 14.4 Å². The Morgan fingerprint density at radius 2 is 1.51 bits per heavy atom. The molecule has 2 fully saturated rings. The highest BCUT2D eigenvalue weighted by Gasteiger charge is 2.62. The van der Waals surface area contributed by atoms with Crippen LogP contribution in [-0.2, 0) is 33.3 Å². The van der Waals surface area contributed by atoms with Gasteiger partial charge in [-0.2, -0.15) is 0 Å². The highest BCUT2D eigenvalue weighted by molar-refractivity contribution is 5.89. The number of ether oxygens (including phenoxy) is 4. The van der Waals surface area contributed by atoms with Gasteiger partial charge < -0.3 is 24.1 Å². The van der Waals surface area contributed by atoms with Gasteiger partial charge in [0, 0.05) is 27.2 Å². The summed E-state index contributed by atoms with van der Waals surface area (Å²) in [4.78, 5) is 50.5. The molecule has 4 rings (SSSR count). The van der Waals surface area contributed by atoms with Gasteiger partial charge in [0.15, 0.2) is 12.2 Å². The number of esters is 4. The largest absolute Gasteiger partial charge is 0.462 e. The minimum absolute atomic E-state index is 0.0610. The Labute approximate surface area is 240 Å². The highest BCUT2D eigenvalue weighted by atomic mass is 16.6. The van der Waals surface area contributed by atoms with Gasteiger partial charge in [-0.15, -0.1) is 0 Å². The molecule has 9 atom stereocenters. The van der Waals surface area contributed by atoms with Crippen molar-refractivity contribution >= 4 is 23.9 Å². The molecule has 9 heteroatoms. The summed E-state index contributed by atoms with van der Waals surface area (Å²) in [5.41, 5.74) is 1.30. The van der Waals surface area contributed by atoms with E-state index >= 15 is 0 Å². The van der Waals surface area contributed by atoms with E-state index in [4.69, 9.17) is 18.9 Å². The summed E-state index contributed by atoms with van der Waals surface area (Å²) in [6.45, 7) is 13.8. The van der Waals surface area contributed by atoms with Gasteiger partial charge in [0.2, 0.25) is 0 Å². The van der Waals surface area contributed by atoms with Crippen molar-refractivity contribution in [2.75, 3.05) is 0 Å². The van der Waals surface area contributed by atoms with Crippen LogP contribution in [0.3, 0.4) is 0 Å². The first-order valence-corrected chi connectivity index (χ1v) is 14.1. The summed E-state index contributed by atoms with van der Waals surface area (Å²) in [5.74, 6) is -2.90. The third-order valence-corrected chi connectivity index (χ3v) is 9.30. The molecular formula is C32H40O9. The fourth-order valence-electron chi connectivity index (χ4n) is 7.24. The lowest BCUT2D eigenvalue weighted by Crippen LogP contribution is -2.63. The van der Waals surface area contributed by atoms with E-state index in [1.807, 2.05) is 26.8 Å². The van der Waals surface area contributed by atoms with Gasteiger partial charge in [0.1, 0.15) is 12.2 Å². The minimum Gasteiger partial charge on any atom is -0.462 e. The summed E-state index contributed by atoms with van der Waals surface area (Å²) in [6.07, 6.45) is -3.52. The van der Waals surface area contributed by atoms with Crippen LogP contribution in [0.25, 0.3) is 0 Å². The smallest absolute Gasteiger partial charge is 0.338 e. The molecule has 3 aliphatic carbocycles. The zero-order valence-corrected chi connectivity index (χ0v) is 24.5. The zero-order chi connectivity index (χ0) is 30.2. The molecule has 1 aromatic carbocycles. The predicted octanol–water partition coefficient (Wildman–Crippen LogP) is 4.33. The topological polar surface area (TPSA) is 125 Å². The number of rotatable bonds is 5. The molecule has 0 aliphatic heterocycles. The van der Waals surface area contributed by atoms with Crippen molar-refractivity contribution in [1.82, 2.24) is 0 Å². The van der Waals surface area contributed by atoms with Crippen LogP contribution in [0.15, 0.2) is 53.6 Å². The summed E-state index contributed by atoms with van der Waals surface area (Å²) in [6, 6.07) is 8.70. The monoisotopic (exact) mass is 568 g/mol. The molecule has 2 saturated carbocycles. The van der Waals surface area contributed by atoms with Gasteiger partial charge in [-0.1, -0.05) is 38.6 Å². The maximum Gasteiger partial charge on any atom is 0.338 e. The molecule has 41 heavy (non-hydrogen) atoms. The molecule has 0 amide bonds. The first-order valence-electron chi connectivity index (χ1n) is 14.1. The van der Waals surface area contributed by atoms with Crippen molar-refractivity contribution in [3.63, 3.8) is 0 Å². The number of benzene rings is 1. The van der Waals surface area contributed by atoms with Crippen LogP contribution >= 0.6 is 0 Å². The third kappa shape index (κ3) is 5.82. The number of hydrogen-bond acceptors (Lipinski definition) is 9. The maximum absolute atomic E-state index is 13.1. The average molecular weight is 569 g/mol. The van der Waals surface area contributed by atoms with E-state index in [0.717, 1.165) is 5.57 Å². The van der Waals surface area contributed by atoms with Gasteiger partial charge in [0.25, 0.3) is 0 Å². The van der Waals surface area contributed by atoms with Crippen molar-refractivity contribution in [3.8, 4) is 0 Å². The first-order chi connectivity index (χ1) is 19.2. The van der Waals surface area contributed by atoms with E-state index in [1.165, 1.54) is 20.8 Å². The lowest BCUT2D eigenvalue weighted by atomic mass is 9.52. The SMILES string of the molecule is C=C1[C@H]2C[C@@H]3C[C@H](OC(=O)c4ccccc4)C(C)=C([C@@H](OC(C)=O)[C@H](OC(C)=O)[C@]2(C)[C@@H](OC(C)=O)C[C@@H]1O)[C@@H]3C. The summed E-state index contributed by atoms with van der Waals surface area (Å²) in [5, 5.41) is 11.0. The normalized spacial score (nSPS) is 34.9. The molecule has 3 aliphatic rings. The molecular weight excluding hydrogens is 528 g/mol. The molecule has 2 bridgehead atoms. The summed E-state index contributed by atoms with van der Waals surface area (Å²) in [7, 11) is 0. The van der Waals surface area contributed by atoms with E-state index < -0.39 is 65.7 Å². The number of carbonyl (C=O) groups excluding carboxylic acids is 4. The first kappa shape index (κ1) is 30.5. The van der Waals surface area contributed by atoms with Crippen molar-refractivity contribution in [2.45, 2.75) is 91.3 Å². The van der Waals surface area contributed by atoms with E-state index in [-0.39, 0.29) is 18.3 Å². The highest BCUT2D eigenvalue weighted by Crippen LogP contribution is 2.57. The summed E-state index contributed by atoms with van der Waals surface area (Å²) >= 11 is 0. The standard InChI is InChI=1S/C32H40O9/c1-16-23-13-24-17(2)25(36)15-27(38-19(4)33)32(24,7)30(40-21(6)35)29(39-20(5)34)28(16)18(3)26(14-23)41-31(37)22-11-9-8-10-12-22/h8-12,16,23-27,29-30,36H,2,13-15H2,1,3-7H3/t16-,23-,24-,25+,26+,27+,29-,30+,32+/m1/s1. The molecule has 222 valence electrons. The van der Waals surface area contributed by atoms with Crippen molar-refractivity contribution in [2.24, 2.45) is 23.2 Å². The van der Waals surface area contributed by atoms with E-state index in [2.05, 4.69) is 6.58 Å². The Morgan fingerprint density at radius 1 is 0.902 bits per heavy atom. The van der Waals surface area contributed by atoms with Gasteiger partial charge in [-0.05, 0) is 66.4 Å². The van der Waals surface area contributed by atoms with Gasteiger partial charge in [-0.25, -0.2) is 4.79 Å². The van der Waals surface area contributed by atoms with Crippen LogP contribution in [0.4, 0.5) is 0 Å². The Hall–Kier alpha value is -3.46. The number of fused-ring (bicyclic) bond motifs is 3. The minimum atomic E-state index is -1.09. The van der Waals surface area contributed by atoms with Crippen LogP contribution in [-0.4, -0.2) is 59.5 Å². The Balaban J connectivity index is 1.91. The second kappa shape index (κ2) is 11.8. The molecule has 0 aromatic heterocycles. The van der Waals surface area contributed by atoms with E-state index in [0.29, 0.717) is 29.6 Å². The quantitative estimate of drug-likeness (QED) is 0.314. The third-order valence-electron chi connectivity index (χ3n) is 9.30. The molecule has 9 nitrogen and oxygen atoms in total. The van der Waals surface area contributed by atoms with Crippen LogP contribution in [0.2, 0.25) is 0 Å². The average Bonchev–Trinajstić information content (AvgIpc) is 2.89. The van der Waals surface area contributed by atoms with Crippen molar-refractivity contribution in [3.05, 3.63) is 59.2 Å². The van der Waals surface area contributed by atoms with Crippen LogP contribution in [0.5, 0.6) is 0 Å². The molecule has 0 unspecified atom stereocenters. The fourth-order valence-corrected chi connectivity index (χ4v) is 7.24. The second-order valence-electron chi connectivity index (χ2n) is 11.8. The van der Waals surface area contributed by atoms with Crippen molar-refractivity contribution < 1.29 is 43.2 Å². The lowest BCUT2D eigenvalue weighted by molar-refractivity contribution is -0.208. The Kier molecular flexibility index (Phi) is 8.78. The predicted molar refractivity (Wildman–Crippen MR) is 148 cm³/mol. The molecule has 0 heterocycles. The van der Waals surface area contributed by atoms with Crippen LogP contribution in [0, 0.1) is 23.2 Å². The van der Waals surface area contributed by atoms with Crippen LogP contribution in [0.1, 0.15) is 71.2 Å². The maximum atomic E-state index is 13.1. The fraction of sp³-hybridized carbons (Fsp3) is 0.562. The van der Waals surface area contributed by atoms with Gasteiger partial charge in [0.05, 0.1) is 17.1 Å². The lowest BCUT2D eigenvalue weighted by Gasteiger charge is -2.57. The Bertz CT molecular complexity index is 1250. The summed E-state index contributed by atoms with van der Waals surface area (Å²) < 4.78 is 23.8. The van der Waals surface area contributed by atoms with Crippen molar-refractivity contribution in [1.29, 1.82) is 0 Å². The van der Waals surface area contributed by atoms with Crippen LogP contribution < -0.4 is 0 Å².